The lowest BCUT2D eigenvalue weighted by atomic mass is 9.97. The molecule has 1 fully saturated rings. The van der Waals surface area contributed by atoms with Gasteiger partial charge < -0.3 is 19.5 Å². The maximum Gasteiger partial charge on any atom is 0.309 e. The van der Waals surface area contributed by atoms with Crippen LogP contribution in [0, 0.1) is 12.8 Å². The maximum absolute atomic E-state index is 12.0. The van der Waals surface area contributed by atoms with E-state index in [9.17, 15) is 4.79 Å². The van der Waals surface area contributed by atoms with E-state index in [0.29, 0.717) is 13.2 Å². The highest BCUT2D eigenvalue weighted by Gasteiger charge is 2.27. The fourth-order valence-electron chi connectivity index (χ4n) is 3.17. The first-order valence-corrected chi connectivity index (χ1v) is 10.5. The molecule has 3 heterocycles. The number of aliphatic imine (C=N–C) groups is 1. The number of likely N-dealkylation sites (tertiary alicyclic amines) is 1. The van der Waals surface area contributed by atoms with Crippen molar-refractivity contribution in [1.82, 2.24) is 25.0 Å². The third-order valence-corrected chi connectivity index (χ3v) is 5.84. The largest absolute Gasteiger partial charge is 0.466 e. The summed E-state index contributed by atoms with van der Waals surface area (Å²) in [5.41, 5.74) is 0. The molecule has 0 aromatic carbocycles. The molecule has 0 radical (unpaired) electrons. The van der Waals surface area contributed by atoms with E-state index in [0.717, 1.165) is 50.1 Å². The van der Waals surface area contributed by atoms with Crippen LogP contribution in [0.3, 0.4) is 0 Å². The number of hydrogen-bond donors (Lipinski definition) is 1. The lowest BCUT2D eigenvalue weighted by Crippen LogP contribution is -2.46. The van der Waals surface area contributed by atoms with Crippen molar-refractivity contribution in [3.05, 3.63) is 34.0 Å². The third kappa shape index (κ3) is 5.09. The van der Waals surface area contributed by atoms with Gasteiger partial charge in [0.1, 0.15) is 12.4 Å². The molecule has 0 bridgehead atoms. The van der Waals surface area contributed by atoms with Crippen LogP contribution in [0.1, 0.15) is 36.3 Å². The summed E-state index contributed by atoms with van der Waals surface area (Å²) in [5, 5.41) is 13.8. The molecule has 1 aliphatic heterocycles. The minimum atomic E-state index is -0.0817. The molecule has 1 saturated heterocycles. The summed E-state index contributed by atoms with van der Waals surface area (Å²) in [6.07, 6.45) is 1.56. The van der Waals surface area contributed by atoms with Crippen LogP contribution in [0.25, 0.3) is 0 Å². The number of guanidine groups is 1. The average Bonchev–Trinajstić information content (AvgIpc) is 3.33. The number of esters is 1. The van der Waals surface area contributed by atoms with Gasteiger partial charge in [0.05, 0.1) is 19.1 Å². The molecule has 8 nitrogen and oxygen atoms in total. The van der Waals surface area contributed by atoms with Gasteiger partial charge >= 0.3 is 5.97 Å². The van der Waals surface area contributed by atoms with Gasteiger partial charge in [-0.25, -0.2) is 4.99 Å². The molecule has 0 atom stereocenters. The number of aryl methyl sites for hydroxylation is 1. The number of hydrogen-bond acceptors (Lipinski definition) is 6. The molecule has 2 aromatic rings. The summed E-state index contributed by atoms with van der Waals surface area (Å²) in [6, 6.07) is 4.15. The molecule has 2 aromatic heterocycles. The molecule has 1 N–H and O–H groups in total. The number of rotatable bonds is 6. The number of aromatic nitrogens is 3. The Morgan fingerprint density at radius 1 is 1.39 bits per heavy atom. The lowest BCUT2D eigenvalue weighted by Gasteiger charge is -2.33. The summed E-state index contributed by atoms with van der Waals surface area (Å²) in [5.74, 6) is 2.44. The van der Waals surface area contributed by atoms with Gasteiger partial charge in [0.15, 0.2) is 11.8 Å². The SMILES string of the molecule is CCOC(=O)C1CCN(C(=NCc2nnc(C)n2C)NCc2cccs2)CC1. The van der Waals surface area contributed by atoms with Crippen LogP contribution in [0.15, 0.2) is 22.5 Å². The third-order valence-electron chi connectivity index (χ3n) is 4.97. The normalized spacial score (nSPS) is 15.7. The second-order valence-corrected chi connectivity index (χ2v) is 7.84. The molecule has 0 amide bonds. The van der Waals surface area contributed by atoms with Crippen LogP contribution in [0.5, 0.6) is 0 Å². The fourth-order valence-corrected chi connectivity index (χ4v) is 3.81. The predicted octanol–water partition coefficient (Wildman–Crippen LogP) is 2.11. The first-order valence-electron chi connectivity index (χ1n) is 9.65. The Bertz CT molecular complexity index is 793. The Balaban J connectivity index is 1.66. The number of nitrogens with one attached hydrogen (secondary N) is 1. The van der Waals surface area contributed by atoms with Gasteiger partial charge in [-0.15, -0.1) is 21.5 Å². The van der Waals surface area contributed by atoms with Crippen LogP contribution in [0.4, 0.5) is 0 Å². The van der Waals surface area contributed by atoms with Crippen molar-refractivity contribution >= 4 is 23.3 Å². The smallest absolute Gasteiger partial charge is 0.309 e. The van der Waals surface area contributed by atoms with Gasteiger partial charge in [-0.3, -0.25) is 4.79 Å². The second-order valence-electron chi connectivity index (χ2n) is 6.81. The Kier molecular flexibility index (Phi) is 7.02. The van der Waals surface area contributed by atoms with E-state index in [1.54, 1.807) is 11.3 Å². The monoisotopic (exact) mass is 404 g/mol. The van der Waals surface area contributed by atoms with Crippen LogP contribution in [0.2, 0.25) is 0 Å². The van der Waals surface area contributed by atoms with Crippen molar-refractivity contribution in [1.29, 1.82) is 0 Å². The highest BCUT2D eigenvalue weighted by atomic mass is 32.1. The van der Waals surface area contributed by atoms with Gasteiger partial charge in [0.2, 0.25) is 0 Å². The van der Waals surface area contributed by atoms with E-state index in [1.165, 1.54) is 4.88 Å². The van der Waals surface area contributed by atoms with Crippen molar-refractivity contribution in [3.8, 4) is 0 Å². The standard InChI is InChI=1S/C19H28N6O2S/c1-4-27-18(26)15-7-9-25(10-8-15)19(20-12-16-6-5-11-28-16)21-13-17-23-22-14(2)24(17)3/h5-6,11,15H,4,7-10,12-13H2,1-3H3,(H,20,21). The summed E-state index contributed by atoms with van der Waals surface area (Å²) >= 11 is 1.72. The maximum atomic E-state index is 12.0. The van der Waals surface area contributed by atoms with Crippen molar-refractivity contribution in [2.24, 2.45) is 18.0 Å². The topological polar surface area (TPSA) is 84.6 Å². The average molecular weight is 405 g/mol. The highest BCUT2D eigenvalue weighted by Crippen LogP contribution is 2.19. The fraction of sp³-hybridized carbons (Fsp3) is 0.579. The lowest BCUT2D eigenvalue weighted by molar-refractivity contribution is -0.149. The summed E-state index contributed by atoms with van der Waals surface area (Å²) < 4.78 is 7.13. The Labute approximate surface area is 169 Å². The first-order chi connectivity index (χ1) is 13.6. The molecular formula is C19H28N6O2S. The molecule has 0 saturated carbocycles. The van der Waals surface area contributed by atoms with Gasteiger partial charge in [0, 0.05) is 25.0 Å². The zero-order valence-corrected chi connectivity index (χ0v) is 17.5. The minimum Gasteiger partial charge on any atom is -0.466 e. The number of carbonyl (C=O) groups excluding carboxylic acids is 1. The van der Waals surface area contributed by atoms with E-state index in [2.05, 4.69) is 31.9 Å². The Morgan fingerprint density at radius 3 is 2.79 bits per heavy atom. The molecule has 1 aliphatic rings. The molecule has 28 heavy (non-hydrogen) atoms. The molecule has 0 unspecified atom stereocenters. The summed E-state index contributed by atoms with van der Waals surface area (Å²) in [4.78, 5) is 20.3. The van der Waals surface area contributed by atoms with E-state index in [1.807, 2.05) is 31.5 Å². The van der Waals surface area contributed by atoms with E-state index in [4.69, 9.17) is 9.73 Å². The number of nitrogens with zero attached hydrogens (tertiary/aromatic N) is 5. The second kappa shape index (κ2) is 9.68. The number of thiophene rings is 1. The highest BCUT2D eigenvalue weighted by molar-refractivity contribution is 7.09. The van der Waals surface area contributed by atoms with Crippen molar-refractivity contribution in [2.75, 3.05) is 19.7 Å². The van der Waals surface area contributed by atoms with Gasteiger partial charge in [-0.2, -0.15) is 0 Å². The molecule has 9 heteroatoms. The van der Waals surface area contributed by atoms with Crippen LogP contribution < -0.4 is 5.32 Å². The van der Waals surface area contributed by atoms with Gasteiger partial charge in [0.25, 0.3) is 0 Å². The minimum absolute atomic E-state index is 0.0175. The first kappa shape index (κ1) is 20.3. The quantitative estimate of drug-likeness (QED) is 0.451. The molecule has 0 spiro atoms. The van der Waals surface area contributed by atoms with Crippen molar-refractivity contribution in [3.63, 3.8) is 0 Å². The van der Waals surface area contributed by atoms with E-state index < -0.39 is 0 Å². The number of piperidine rings is 1. The number of carbonyl (C=O) groups is 1. The molecule has 0 aliphatic carbocycles. The van der Waals surface area contributed by atoms with Crippen molar-refractivity contribution < 1.29 is 9.53 Å². The van der Waals surface area contributed by atoms with Crippen molar-refractivity contribution in [2.45, 2.75) is 39.8 Å². The Hall–Kier alpha value is -2.42. The molecular weight excluding hydrogens is 376 g/mol. The zero-order chi connectivity index (χ0) is 19.9. The van der Waals surface area contributed by atoms with Gasteiger partial charge in [-0.05, 0) is 38.1 Å². The number of ether oxygens (including phenoxy) is 1. The zero-order valence-electron chi connectivity index (χ0n) is 16.7. The predicted molar refractivity (Wildman–Crippen MR) is 109 cm³/mol. The summed E-state index contributed by atoms with van der Waals surface area (Å²) in [6.45, 7) is 6.95. The van der Waals surface area contributed by atoms with E-state index in [-0.39, 0.29) is 11.9 Å². The summed E-state index contributed by atoms with van der Waals surface area (Å²) in [7, 11) is 1.95. The van der Waals surface area contributed by atoms with Crippen LogP contribution >= 0.6 is 11.3 Å². The molecule has 3 rings (SSSR count). The van der Waals surface area contributed by atoms with Crippen LogP contribution in [-0.2, 0) is 29.7 Å². The van der Waals surface area contributed by atoms with Crippen LogP contribution in [-0.4, -0.2) is 51.3 Å². The van der Waals surface area contributed by atoms with Gasteiger partial charge in [-0.1, -0.05) is 6.07 Å². The molecule has 152 valence electrons. The Morgan fingerprint density at radius 2 is 2.18 bits per heavy atom. The van der Waals surface area contributed by atoms with E-state index >= 15 is 0 Å².